The predicted octanol–water partition coefficient (Wildman–Crippen LogP) is 1.93. The van der Waals surface area contributed by atoms with Crippen molar-refractivity contribution < 1.29 is 4.79 Å². The molecule has 3 nitrogen and oxygen atoms in total. The van der Waals surface area contributed by atoms with Crippen molar-refractivity contribution in [1.82, 2.24) is 10.6 Å². The van der Waals surface area contributed by atoms with Crippen LogP contribution in [0.3, 0.4) is 0 Å². The van der Waals surface area contributed by atoms with E-state index in [1.807, 2.05) is 0 Å². The van der Waals surface area contributed by atoms with E-state index in [0.717, 1.165) is 38.4 Å². The summed E-state index contributed by atoms with van der Waals surface area (Å²) in [6, 6.07) is 0. The Hall–Kier alpha value is -0.570. The second kappa shape index (κ2) is 7.66. The fourth-order valence-electron chi connectivity index (χ4n) is 2.09. The highest BCUT2D eigenvalue weighted by Crippen LogP contribution is 2.12. The molecule has 1 amide bonds. The number of rotatable bonds is 6. The molecule has 0 aromatic rings. The fourth-order valence-corrected chi connectivity index (χ4v) is 2.09. The zero-order valence-electron chi connectivity index (χ0n) is 10.7. The van der Waals surface area contributed by atoms with Crippen LogP contribution in [-0.2, 0) is 4.79 Å². The van der Waals surface area contributed by atoms with Crippen molar-refractivity contribution in [1.29, 1.82) is 0 Å². The quantitative estimate of drug-likeness (QED) is 0.726. The van der Waals surface area contributed by atoms with Gasteiger partial charge in [0.25, 0.3) is 0 Å². The second-order valence-corrected chi connectivity index (χ2v) is 5.28. The smallest absolute Gasteiger partial charge is 0.220 e. The van der Waals surface area contributed by atoms with Crippen molar-refractivity contribution in [3.05, 3.63) is 0 Å². The highest BCUT2D eigenvalue weighted by Gasteiger charge is 2.12. The molecule has 1 atom stereocenters. The first-order valence-electron chi connectivity index (χ1n) is 6.66. The van der Waals surface area contributed by atoms with Gasteiger partial charge in [0, 0.05) is 13.0 Å². The van der Waals surface area contributed by atoms with E-state index in [1.54, 1.807) is 0 Å². The standard InChI is InChI=1S/C13H26N2O/c1-11(2)5-6-13(16)15-9-7-12-4-3-8-14-10-12/h11-12,14H,3-10H2,1-2H3,(H,15,16). The van der Waals surface area contributed by atoms with E-state index in [9.17, 15) is 4.79 Å². The molecule has 3 heteroatoms. The summed E-state index contributed by atoms with van der Waals surface area (Å²) in [4.78, 5) is 11.5. The highest BCUT2D eigenvalue weighted by atomic mass is 16.1. The molecule has 1 aliphatic heterocycles. The van der Waals surface area contributed by atoms with Crippen LogP contribution >= 0.6 is 0 Å². The Bertz CT molecular complexity index is 198. The molecule has 16 heavy (non-hydrogen) atoms. The monoisotopic (exact) mass is 226 g/mol. The molecule has 1 rings (SSSR count). The summed E-state index contributed by atoms with van der Waals surface area (Å²) in [6.07, 6.45) is 5.40. The van der Waals surface area contributed by atoms with Crippen LogP contribution in [0.15, 0.2) is 0 Å². The van der Waals surface area contributed by atoms with Gasteiger partial charge < -0.3 is 10.6 Å². The van der Waals surface area contributed by atoms with E-state index in [-0.39, 0.29) is 5.91 Å². The van der Waals surface area contributed by atoms with Crippen molar-refractivity contribution >= 4 is 5.91 Å². The molecule has 0 aromatic carbocycles. The lowest BCUT2D eigenvalue weighted by atomic mass is 9.96. The third kappa shape index (κ3) is 6.11. The number of carbonyl (C=O) groups is 1. The van der Waals surface area contributed by atoms with E-state index in [4.69, 9.17) is 0 Å². The van der Waals surface area contributed by atoms with Crippen LogP contribution in [0, 0.1) is 11.8 Å². The number of piperidine rings is 1. The summed E-state index contributed by atoms with van der Waals surface area (Å²) in [6.45, 7) is 7.45. The largest absolute Gasteiger partial charge is 0.356 e. The normalized spacial score (nSPS) is 21.1. The average molecular weight is 226 g/mol. The molecule has 1 aliphatic rings. The molecule has 1 unspecified atom stereocenters. The minimum absolute atomic E-state index is 0.220. The molecule has 1 saturated heterocycles. The number of hydrogen-bond acceptors (Lipinski definition) is 2. The van der Waals surface area contributed by atoms with Gasteiger partial charge in [0.2, 0.25) is 5.91 Å². The molecule has 2 N–H and O–H groups in total. The predicted molar refractivity (Wildman–Crippen MR) is 67.3 cm³/mol. The van der Waals surface area contributed by atoms with Crippen molar-refractivity contribution in [3.8, 4) is 0 Å². The molecular formula is C13H26N2O. The van der Waals surface area contributed by atoms with E-state index in [2.05, 4.69) is 24.5 Å². The molecule has 1 heterocycles. The molecule has 94 valence electrons. The van der Waals surface area contributed by atoms with Crippen LogP contribution in [0.2, 0.25) is 0 Å². The minimum Gasteiger partial charge on any atom is -0.356 e. The summed E-state index contributed by atoms with van der Waals surface area (Å²) in [7, 11) is 0. The Balaban J connectivity index is 1.99. The van der Waals surface area contributed by atoms with Crippen molar-refractivity contribution in [2.75, 3.05) is 19.6 Å². The van der Waals surface area contributed by atoms with Crippen LogP contribution in [0.4, 0.5) is 0 Å². The molecule has 0 aliphatic carbocycles. The first-order valence-corrected chi connectivity index (χ1v) is 6.66. The van der Waals surface area contributed by atoms with Gasteiger partial charge in [0.05, 0.1) is 0 Å². The SMILES string of the molecule is CC(C)CCC(=O)NCCC1CCCNC1. The van der Waals surface area contributed by atoms with Crippen LogP contribution in [0.25, 0.3) is 0 Å². The zero-order chi connectivity index (χ0) is 11.8. The third-order valence-electron chi connectivity index (χ3n) is 3.22. The van der Waals surface area contributed by atoms with Crippen molar-refractivity contribution in [2.24, 2.45) is 11.8 Å². The van der Waals surface area contributed by atoms with Crippen LogP contribution in [0.5, 0.6) is 0 Å². The van der Waals surface area contributed by atoms with Crippen molar-refractivity contribution in [3.63, 3.8) is 0 Å². The lowest BCUT2D eigenvalue weighted by molar-refractivity contribution is -0.121. The van der Waals surface area contributed by atoms with Gasteiger partial charge in [-0.25, -0.2) is 0 Å². The Morgan fingerprint density at radius 1 is 1.50 bits per heavy atom. The van der Waals surface area contributed by atoms with Gasteiger partial charge in [0.1, 0.15) is 0 Å². The maximum atomic E-state index is 11.5. The van der Waals surface area contributed by atoms with Crippen LogP contribution in [-0.4, -0.2) is 25.5 Å². The topological polar surface area (TPSA) is 41.1 Å². The van der Waals surface area contributed by atoms with Gasteiger partial charge in [-0.2, -0.15) is 0 Å². The number of hydrogen-bond donors (Lipinski definition) is 2. The fraction of sp³-hybridized carbons (Fsp3) is 0.923. The lowest BCUT2D eigenvalue weighted by Gasteiger charge is -2.22. The zero-order valence-corrected chi connectivity index (χ0v) is 10.7. The van der Waals surface area contributed by atoms with Gasteiger partial charge in [-0.05, 0) is 50.6 Å². The maximum Gasteiger partial charge on any atom is 0.220 e. The summed E-state index contributed by atoms with van der Waals surface area (Å²) < 4.78 is 0. The summed E-state index contributed by atoms with van der Waals surface area (Å²) >= 11 is 0. The lowest BCUT2D eigenvalue weighted by Crippen LogP contribution is -2.33. The number of carbonyl (C=O) groups excluding carboxylic acids is 1. The maximum absolute atomic E-state index is 11.5. The van der Waals surface area contributed by atoms with E-state index in [1.165, 1.54) is 12.8 Å². The molecule has 0 spiro atoms. The van der Waals surface area contributed by atoms with Gasteiger partial charge in [-0.15, -0.1) is 0 Å². The second-order valence-electron chi connectivity index (χ2n) is 5.28. The molecule has 0 saturated carbocycles. The Morgan fingerprint density at radius 3 is 2.94 bits per heavy atom. The molecule has 0 radical (unpaired) electrons. The average Bonchev–Trinajstić information content (AvgIpc) is 2.28. The Morgan fingerprint density at radius 2 is 2.31 bits per heavy atom. The third-order valence-corrected chi connectivity index (χ3v) is 3.22. The van der Waals surface area contributed by atoms with Gasteiger partial charge in [-0.3, -0.25) is 4.79 Å². The first-order chi connectivity index (χ1) is 7.68. The van der Waals surface area contributed by atoms with E-state index >= 15 is 0 Å². The van der Waals surface area contributed by atoms with E-state index < -0.39 is 0 Å². The highest BCUT2D eigenvalue weighted by molar-refractivity contribution is 5.75. The van der Waals surface area contributed by atoms with E-state index in [0.29, 0.717) is 12.3 Å². The van der Waals surface area contributed by atoms with Gasteiger partial charge >= 0.3 is 0 Å². The van der Waals surface area contributed by atoms with Crippen molar-refractivity contribution in [2.45, 2.75) is 46.0 Å². The number of amides is 1. The summed E-state index contributed by atoms with van der Waals surface area (Å²) in [5.74, 6) is 1.60. The van der Waals surface area contributed by atoms with Crippen LogP contribution < -0.4 is 10.6 Å². The summed E-state index contributed by atoms with van der Waals surface area (Å²) in [5.41, 5.74) is 0. The van der Waals surface area contributed by atoms with Crippen LogP contribution in [0.1, 0.15) is 46.0 Å². The number of nitrogens with one attached hydrogen (secondary N) is 2. The van der Waals surface area contributed by atoms with Gasteiger partial charge in [-0.1, -0.05) is 13.8 Å². The molecule has 0 aromatic heterocycles. The molecular weight excluding hydrogens is 200 g/mol. The first kappa shape index (κ1) is 13.5. The van der Waals surface area contributed by atoms with Gasteiger partial charge in [0.15, 0.2) is 0 Å². The molecule has 0 bridgehead atoms. The Labute approximate surface area is 99.4 Å². The molecule has 1 fully saturated rings. The minimum atomic E-state index is 0.220. The Kier molecular flexibility index (Phi) is 6.46. The summed E-state index contributed by atoms with van der Waals surface area (Å²) in [5, 5.41) is 6.42.